The number of hydrogen-bond acceptors (Lipinski definition) is 6. The van der Waals surface area contributed by atoms with Crippen molar-refractivity contribution in [3.63, 3.8) is 0 Å². The second-order valence-corrected chi connectivity index (χ2v) is 9.25. The highest BCUT2D eigenvalue weighted by Gasteiger charge is 2.40. The van der Waals surface area contributed by atoms with E-state index in [0.29, 0.717) is 29.9 Å². The van der Waals surface area contributed by atoms with Gasteiger partial charge in [-0.25, -0.2) is 9.18 Å². The highest BCUT2D eigenvalue weighted by molar-refractivity contribution is 7.12. The van der Waals surface area contributed by atoms with Crippen LogP contribution in [0, 0.1) is 12.7 Å². The molecule has 2 heterocycles. The number of aryl methyl sites for hydroxylation is 1. The van der Waals surface area contributed by atoms with Gasteiger partial charge in [-0.2, -0.15) is 0 Å². The van der Waals surface area contributed by atoms with Crippen LogP contribution in [0.4, 0.5) is 4.39 Å². The van der Waals surface area contributed by atoms with E-state index in [4.69, 9.17) is 9.47 Å². The predicted octanol–water partition coefficient (Wildman–Crippen LogP) is 5.31. The average molecular weight is 456 g/mol. The predicted molar refractivity (Wildman–Crippen MR) is 121 cm³/mol. The molecule has 1 atom stereocenters. The lowest BCUT2D eigenvalue weighted by atomic mass is 9.78. The Kier molecular flexibility index (Phi) is 6.46. The second-order valence-electron chi connectivity index (χ2n) is 7.96. The molecule has 2 aliphatic rings. The summed E-state index contributed by atoms with van der Waals surface area (Å²) >= 11 is 1.56. The molecule has 1 unspecified atom stereocenters. The van der Waals surface area contributed by atoms with Gasteiger partial charge in [-0.05, 0) is 63.9 Å². The van der Waals surface area contributed by atoms with Crippen molar-refractivity contribution < 1.29 is 23.5 Å². The molecule has 5 nitrogen and oxygen atoms in total. The molecule has 1 aliphatic carbocycles. The molecule has 0 spiro atoms. The number of benzene rings is 1. The van der Waals surface area contributed by atoms with Crippen molar-refractivity contribution >= 4 is 23.1 Å². The van der Waals surface area contributed by atoms with Gasteiger partial charge in [0, 0.05) is 38.7 Å². The van der Waals surface area contributed by atoms with Crippen LogP contribution in [0.3, 0.4) is 0 Å². The Bertz CT molecular complexity index is 1110. The van der Waals surface area contributed by atoms with E-state index in [1.54, 1.807) is 30.4 Å². The molecular formula is C25H26FNO4S. The largest absolute Gasteiger partial charge is 0.489 e. The van der Waals surface area contributed by atoms with Gasteiger partial charge in [-0.1, -0.05) is 0 Å². The van der Waals surface area contributed by atoms with Crippen LogP contribution >= 0.6 is 11.3 Å². The molecule has 1 aliphatic heterocycles. The molecule has 1 aromatic heterocycles. The zero-order chi connectivity index (χ0) is 22.8. The molecule has 0 amide bonds. The summed E-state index contributed by atoms with van der Waals surface area (Å²) in [5.74, 6) is -0.500. The standard InChI is InChI=1S/C25H26FNO4S/c1-4-30-25(29)22-14(2)27-19-6-5-7-20(28)23(19)24(22)21-12-16(15(3)32-21)13-31-18-10-8-17(26)9-11-18/h8-12,24,27H,4-7,13H2,1-3H3. The highest BCUT2D eigenvalue weighted by atomic mass is 32.1. The lowest BCUT2D eigenvalue weighted by Crippen LogP contribution is -2.34. The molecule has 2 aromatic rings. The zero-order valence-electron chi connectivity index (χ0n) is 18.4. The molecule has 1 N–H and O–H groups in total. The normalized spacial score (nSPS) is 18.4. The van der Waals surface area contributed by atoms with Crippen LogP contribution in [-0.2, 0) is 20.9 Å². The molecule has 0 bridgehead atoms. The van der Waals surface area contributed by atoms with E-state index in [1.165, 1.54) is 12.1 Å². The van der Waals surface area contributed by atoms with E-state index in [2.05, 4.69) is 5.32 Å². The van der Waals surface area contributed by atoms with Gasteiger partial charge >= 0.3 is 5.97 Å². The first-order chi connectivity index (χ1) is 15.4. The Hall–Kier alpha value is -2.93. The van der Waals surface area contributed by atoms with Crippen molar-refractivity contribution in [3.8, 4) is 5.75 Å². The topological polar surface area (TPSA) is 64.6 Å². The van der Waals surface area contributed by atoms with Gasteiger partial charge in [0.2, 0.25) is 0 Å². The number of carbonyl (C=O) groups excluding carboxylic acids is 2. The first-order valence-electron chi connectivity index (χ1n) is 10.8. The van der Waals surface area contributed by atoms with E-state index < -0.39 is 11.9 Å². The van der Waals surface area contributed by atoms with Crippen molar-refractivity contribution in [3.05, 3.63) is 74.0 Å². The van der Waals surface area contributed by atoms with Crippen molar-refractivity contribution in [2.24, 2.45) is 0 Å². The van der Waals surface area contributed by atoms with E-state index >= 15 is 0 Å². The van der Waals surface area contributed by atoms with Crippen LogP contribution in [0.5, 0.6) is 5.75 Å². The Labute approximate surface area is 190 Å². The Morgan fingerprint density at radius 3 is 2.69 bits per heavy atom. The second kappa shape index (κ2) is 9.28. The van der Waals surface area contributed by atoms with Crippen LogP contribution in [0.25, 0.3) is 0 Å². The number of ketones is 1. The Morgan fingerprint density at radius 1 is 1.22 bits per heavy atom. The number of rotatable bonds is 6. The third kappa shape index (κ3) is 4.35. The SMILES string of the molecule is CCOC(=O)C1=C(C)NC2=C(C(=O)CCC2)C1c1cc(COc2ccc(F)cc2)c(C)s1. The Morgan fingerprint density at radius 2 is 1.97 bits per heavy atom. The fourth-order valence-electron chi connectivity index (χ4n) is 4.27. The maximum absolute atomic E-state index is 13.1. The molecule has 0 saturated heterocycles. The van der Waals surface area contributed by atoms with Crippen LogP contribution in [0.2, 0.25) is 0 Å². The summed E-state index contributed by atoms with van der Waals surface area (Å²) in [5, 5.41) is 3.30. The minimum Gasteiger partial charge on any atom is -0.489 e. The molecular weight excluding hydrogens is 429 g/mol. The molecule has 0 radical (unpaired) electrons. The third-order valence-corrected chi connectivity index (χ3v) is 6.96. The number of hydrogen-bond donors (Lipinski definition) is 1. The fourth-order valence-corrected chi connectivity index (χ4v) is 5.43. The zero-order valence-corrected chi connectivity index (χ0v) is 19.2. The van der Waals surface area contributed by atoms with E-state index in [0.717, 1.165) is 39.6 Å². The van der Waals surface area contributed by atoms with Gasteiger partial charge in [0.1, 0.15) is 18.2 Å². The van der Waals surface area contributed by atoms with E-state index in [1.807, 2.05) is 19.9 Å². The van der Waals surface area contributed by atoms with Gasteiger partial charge in [-0.3, -0.25) is 4.79 Å². The fraction of sp³-hybridized carbons (Fsp3) is 0.360. The molecule has 4 rings (SSSR count). The molecule has 0 fully saturated rings. The monoisotopic (exact) mass is 455 g/mol. The number of ether oxygens (including phenoxy) is 2. The number of esters is 1. The summed E-state index contributed by atoms with van der Waals surface area (Å²) in [6.07, 6.45) is 2.08. The van der Waals surface area contributed by atoms with Gasteiger partial charge in [0.05, 0.1) is 18.1 Å². The van der Waals surface area contributed by atoms with Gasteiger partial charge < -0.3 is 14.8 Å². The molecule has 1 aromatic carbocycles. The minimum absolute atomic E-state index is 0.0770. The first-order valence-corrected chi connectivity index (χ1v) is 11.6. The maximum Gasteiger partial charge on any atom is 0.336 e. The molecule has 32 heavy (non-hydrogen) atoms. The van der Waals surface area contributed by atoms with Crippen LogP contribution in [0.15, 0.2) is 52.9 Å². The molecule has 7 heteroatoms. The number of carbonyl (C=O) groups is 2. The van der Waals surface area contributed by atoms with Crippen molar-refractivity contribution in [1.82, 2.24) is 5.32 Å². The minimum atomic E-state index is -0.443. The Balaban J connectivity index is 1.69. The summed E-state index contributed by atoms with van der Waals surface area (Å²) in [7, 11) is 0. The maximum atomic E-state index is 13.1. The summed E-state index contributed by atoms with van der Waals surface area (Å²) in [4.78, 5) is 27.8. The third-order valence-electron chi connectivity index (χ3n) is 5.80. The van der Waals surface area contributed by atoms with E-state index in [-0.39, 0.29) is 18.2 Å². The van der Waals surface area contributed by atoms with Crippen molar-refractivity contribution in [2.45, 2.75) is 52.6 Å². The summed E-state index contributed by atoms with van der Waals surface area (Å²) in [5.41, 5.74) is 3.79. The summed E-state index contributed by atoms with van der Waals surface area (Å²) < 4.78 is 24.3. The highest BCUT2D eigenvalue weighted by Crippen LogP contribution is 2.45. The average Bonchev–Trinajstić information content (AvgIpc) is 3.13. The van der Waals surface area contributed by atoms with Gasteiger partial charge in [0.25, 0.3) is 0 Å². The lowest BCUT2D eigenvalue weighted by molar-refractivity contribution is -0.138. The number of halogens is 1. The number of dihydropyridines is 1. The number of Topliss-reactive ketones (excluding diaryl/α,β-unsaturated/α-hetero) is 1. The van der Waals surface area contributed by atoms with Crippen molar-refractivity contribution in [2.75, 3.05) is 6.61 Å². The lowest BCUT2D eigenvalue weighted by Gasteiger charge is -2.33. The van der Waals surface area contributed by atoms with E-state index in [9.17, 15) is 14.0 Å². The number of nitrogens with one attached hydrogen (secondary N) is 1. The number of thiophene rings is 1. The summed E-state index contributed by atoms with van der Waals surface area (Å²) in [6, 6.07) is 7.91. The van der Waals surface area contributed by atoms with Crippen molar-refractivity contribution in [1.29, 1.82) is 0 Å². The molecule has 0 saturated carbocycles. The molecule has 168 valence electrons. The quantitative estimate of drug-likeness (QED) is 0.599. The van der Waals surface area contributed by atoms with Crippen LogP contribution < -0.4 is 10.1 Å². The van der Waals surface area contributed by atoms with Crippen LogP contribution in [0.1, 0.15) is 54.3 Å². The first kappa shape index (κ1) is 22.3. The smallest absolute Gasteiger partial charge is 0.336 e. The van der Waals surface area contributed by atoms with Gasteiger partial charge in [-0.15, -0.1) is 11.3 Å². The van der Waals surface area contributed by atoms with Gasteiger partial charge in [0.15, 0.2) is 5.78 Å². The summed E-state index contributed by atoms with van der Waals surface area (Å²) in [6.45, 7) is 6.21. The van der Waals surface area contributed by atoms with Crippen LogP contribution in [-0.4, -0.2) is 18.4 Å². The number of allylic oxidation sites excluding steroid dienone is 3.